The van der Waals surface area contributed by atoms with Crippen LogP contribution in [0.2, 0.25) is 0 Å². The number of carboxylic acids is 1. The molecule has 0 atom stereocenters. The first-order chi connectivity index (χ1) is 6.54. The van der Waals surface area contributed by atoms with Crippen molar-refractivity contribution in [1.82, 2.24) is 0 Å². The van der Waals surface area contributed by atoms with Gasteiger partial charge in [-0.1, -0.05) is 0 Å². The number of carbonyl (C=O) groups is 2. The second-order valence-corrected chi connectivity index (χ2v) is 3.87. The Morgan fingerprint density at radius 3 is 2.64 bits per heavy atom. The van der Waals surface area contributed by atoms with Crippen LogP contribution >= 0.6 is 22.6 Å². The Morgan fingerprint density at radius 1 is 1.50 bits per heavy atom. The molecule has 0 aromatic heterocycles. The lowest BCUT2D eigenvalue weighted by Gasteiger charge is -2.03. The highest BCUT2D eigenvalue weighted by Crippen LogP contribution is 2.25. The van der Waals surface area contributed by atoms with Crippen molar-refractivity contribution in [1.29, 1.82) is 0 Å². The summed E-state index contributed by atoms with van der Waals surface area (Å²) in [6.07, 6.45) is 0.347. The van der Waals surface area contributed by atoms with E-state index in [1.54, 1.807) is 0 Å². The first kappa shape index (κ1) is 11.0. The number of hydrogen-bond donors (Lipinski definition) is 2. The molecule has 1 rings (SSSR count). The Kier molecular flexibility index (Phi) is 3.45. The highest BCUT2D eigenvalue weighted by atomic mass is 127. The van der Waals surface area contributed by atoms with Gasteiger partial charge in [-0.2, -0.15) is 0 Å². The van der Waals surface area contributed by atoms with Crippen molar-refractivity contribution in [3.05, 3.63) is 26.8 Å². The molecule has 0 aliphatic heterocycles. The molecule has 0 fully saturated rings. The summed E-state index contributed by atoms with van der Waals surface area (Å²) in [5.41, 5.74) is 0.620. The fourth-order valence-corrected chi connectivity index (χ4v) is 1.76. The standard InChI is InChI=1S/C9H7IO4/c10-7-2-5(3-8(12)13)1-6(4-11)9(7)14/h1-2,4,14H,3H2,(H,12,13). The van der Waals surface area contributed by atoms with E-state index in [9.17, 15) is 14.7 Å². The topological polar surface area (TPSA) is 74.6 Å². The van der Waals surface area contributed by atoms with Gasteiger partial charge >= 0.3 is 5.97 Å². The molecule has 0 aliphatic rings. The number of carboxylic acid groups (broad SMARTS) is 1. The van der Waals surface area contributed by atoms with E-state index in [0.29, 0.717) is 15.4 Å². The zero-order chi connectivity index (χ0) is 10.7. The predicted octanol–water partition coefficient (Wildman–Crippen LogP) is 1.44. The summed E-state index contributed by atoms with van der Waals surface area (Å²) >= 11 is 1.84. The minimum atomic E-state index is -0.969. The van der Waals surface area contributed by atoms with Gasteiger partial charge in [0.2, 0.25) is 0 Å². The molecule has 14 heavy (non-hydrogen) atoms. The maximum atomic E-state index is 10.5. The quantitative estimate of drug-likeness (QED) is 0.654. The molecule has 1 aromatic rings. The normalized spacial score (nSPS) is 9.79. The van der Waals surface area contributed by atoms with E-state index in [1.807, 2.05) is 22.6 Å². The van der Waals surface area contributed by atoms with Gasteiger partial charge in [-0.25, -0.2) is 0 Å². The maximum Gasteiger partial charge on any atom is 0.307 e. The second-order valence-electron chi connectivity index (χ2n) is 2.70. The molecule has 0 unspecified atom stereocenters. The van der Waals surface area contributed by atoms with Crippen LogP contribution in [0.3, 0.4) is 0 Å². The van der Waals surface area contributed by atoms with Crippen LogP contribution in [-0.2, 0) is 11.2 Å². The van der Waals surface area contributed by atoms with E-state index in [0.717, 1.165) is 0 Å². The van der Waals surface area contributed by atoms with Crippen molar-refractivity contribution in [3.63, 3.8) is 0 Å². The first-order valence-corrected chi connectivity index (χ1v) is 4.81. The number of phenolic OH excluding ortho intramolecular Hbond substituents is 1. The number of aliphatic carboxylic acids is 1. The average molecular weight is 306 g/mol. The highest BCUT2D eigenvalue weighted by Gasteiger charge is 2.09. The van der Waals surface area contributed by atoms with Crippen molar-refractivity contribution in [3.8, 4) is 5.75 Å². The Morgan fingerprint density at radius 2 is 2.14 bits per heavy atom. The summed E-state index contributed by atoms with van der Waals surface area (Å²) < 4.78 is 0.475. The molecule has 0 bridgehead atoms. The van der Waals surface area contributed by atoms with Crippen molar-refractivity contribution < 1.29 is 19.8 Å². The first-order valence-electron chi connectivity index (χ1n) is 3.73. The third-order valence-electron chi connectivity index (χ3n) is 1.63. The Bertz CT molecular complexity index is 387. The molecule has 2 N–H and O–H groups in total. The molecule has 4 nitrogen and oxygen atoms in total. The largest absolute Gasteiger partial charge is 0.506 e. The van der Waals surface area contributed by atoms with Gasteiger partial charge in [0.1, 0.15) is 5.75 Å². The van der Waals surface area contributed by atoms with Crippen LogP contribution in [0, 0.1) is 3.57 Å². The van der Waals surface area contributed by atoms with Gasteiger partial charge in [0.25, 0.3) is 0 Å². The fourth-order valence-electron chi connectivity index (χ4n) is 1.05. The molecule has 1 aromatic carbocycles. The van der Waals surface area contributed by atoms with Crippen molar-refractivity contribution >= 4 is 34.8 Å². The number of aromatic hydroxyl groups is 1. The minimum Gasteiger partial charge on any atom is -0.506 e. The molecule has 74 valence electrons. The van der Waals surface area contributed by atoms with E-state index in [1.165, 1.54) is 12.1 Å². The number of halogens is 1. The lowest BCUT2D eigenvalue weighted by Crippen LogP contribution is -2.01. The van der Waals surface area contributed by atoms with Gasteiger partial charge in [-0.15, -0.1) is 0 Å². The Balaban J connectivity index is 3.15. The van der Waals surface area contributed by atoms with E-state index >= 15 is 0 Å². The summed E-state index contributed by atoms with van der Waals surface area (Å²) in [6.45, 7) is 0. The minimum absolute atomic E-state index is 0.102. The lowest BCUT2D eigenvalue weighted by atomic mass is 10.1. The molecule has 0 radical (unpaired) electrons. The number of phenols is 1. The summed E-state index contributed by atoms with van der Waals surface area (Å²) in [5, 5.41) is 17.9. The number of carbonyl (C=O) groups excluding carboxylic acids is 1. The van der Waals surface area contributed by atoms with Gasteiger partial charge in [0.05, 0.1) is 15.6 Å². The smallest absolute Gasteiger partial charge is 0.307 e. The molecule has 0 aliphatic carbocycles. The van der Waals surface area contributed by atoms with Crippen LogP contribution in [0.1, 0.15) is 15.9 Å². The monoisotopic (exact) mass is 306 g/mol. The van der Waals surface area contributed by atoms with Crippen LogP contribution in [0.15, 0.2) is 12.1 Å². The summed E-state index contributed by atoms with van der Waals surface area (Å²) in [7, 11) is 0. The van der Waals surface area contributed by atoms with Gasteiger partial charge in [0, 0.05) is 0 Å². The molecular formula is C9H7IO4. The Hall–Kier alpha value is -1.11. The van der Waals surface area contributed by atoms with Gasteiger partial charge < -0.3 is 10.2 Å². The molecular weight excluding hydrogens is 299 g/mol. The summed E-state index contributed by atoms with van der Waals surface area (Å²) in [5.74, 6) is -1.07. The van der Waals surface area contributed by atoms with Crippen molar-refractivity contribution in [2.45, 2.75) is 6.42 Å². The van der Waals surface area contributed by atoms with Crippen LogP contribution in [0.5, 0.6) is 5.75 Å². The van der Waals surface area contributed by atoms with E-state index in [4.69, 9.17) is 5.11 Å². The number of aldehydes is 1. The maximum absolute atomic E-state index is 10.5. The van der Waals surface area contributed by atoms with Crippen molar-refractivity contribution in [2.24, 2.45) is 0 Å². The van der Waals surface area contributed by atoms with Gasteiger partial charge in [-0.05, 0) is 40.3 Å². The molecule has 0 spiro atoms. The molecule has 0 amide bonds. The van der Waals surface area contributed by atoms with E-state index in [-0.39, 0.29) is 17.7 Å². The van der Waals surface area contributed by atoms with E-state index < -0.39 is 5.97 Å². The number of rotatable bonds is 3. The highest BCUT2D eigenvalue weighted by molar-refractivity contribution is 14.1. The molecule has 0 heterocycles. The molecule has 0 saturated heterocycles. The predicted molar refractivity (Wildman–Crippen MR) is 57.6 cm³/mol. The fraction of sp³-hybridized carbons (Fsp3) is 0.111. The third-order valence-corrected chi connectivity index (χ3v) is 2.46. The second kappa shape index (κ2) is 4.41. The summed E-state index contributed by atoms with van der Waals surface area (Å²) in [4.78, 5) is 20.9. The number of benzene rings is 1. The molecule has 5 heteroatoms. The average Bonchev–Trinajstić information content (AvgIpc) is 2.10. The zero-order valence-corrected chi connectivity index (χ0v) is 9.19. The zero-order valence-electron chi connectivity index (χ0n) is 7.03. The SMILES string of the molecule is O=Cc1cc(CC(=O)O)cc(I)c1O. The van der Waals surface area contributed by atoms with Crippen LogP contribution in [-0.4, -0.2) is 22.5 Å². The third kappa shape index (κ3) is 2.44. The van der Waals surface area contributed by atoms with Gasteiger partial charge in [-0.3, -0.25) is 9.59 Å². The van der Waals surface area contributed by atoms with Crippen LogP contribution < -0.4 is 0 Å². The van der Waals surface area contributed by atoms with E-state index in [2.05, 4.69) is 0 Å². The van der Waals surface area contributed by atoms with Gasteiger partial charge in [0.15, 0.2) is 6.29 Å². The number of hydrogen-bond acceptors (Lipinski definition) is 3. The van der Waals surface area contributed by atoms with Crippen molar-refractivity contribution in [2.75, 3.05) is 0 Å². The van der Waals surface area contributed by atoms with Crippen LogP contribution in [0.4, 0.5) is 0 Å². The summed E-state index contributed by atoms with van der Waals surface area (Å²) in [6, 6.07) is 2.91. The van der Waals surface area contributed by atoms with Crippen LogP contribution in [0.25, 0.3) is 0 Å². The molecule has 0 saturated carbocycles. The Labute approximate surface area is 93.7 Å². The lowest BCUT2D eigenvalue weighted by molar-refractivity contribution is -0.136.